The van der Waals surface area contributed by atoms with Gasteiger partial charge in [0.05, 0.1) is 15.4 Å². The molecule has 94 valence electrons. The number of aryl methyl sites for hydroxylation is 1. The van der Waals surface area contributed by atoms with Gasteiger partial charge in [0.2, 0.25) is 0 Å². The molecule has 0 saturated carbocycles. The molecule has 4 heteroatoms. The largest absolute Gasteiger partial charge is 0.113 e. The van der Waals surface area contributed by atoms with Crippen LogP contribution in [0.15, 0.2) is 40.9 Å². The van der Waals surface area contributed by atoms with Gasteiger partial charge < -0.3 is 0 Å². The standard InChI is InChI=1S/C14H10BrCl3/c1-8-2-4-11(15)10(6-8)14(18)9-3-5-12(16)13(17)7-9/h2-7,14H,1H3. The Balaban J connectivity index is 2.44. The van der Waals surface area contributed by atoms with Crippen LogP contribution in [0.4, 0.5) is 0 Å². The second-order valence-electron chi connectivity index (χ2n) is 4.06. The average Bonchev–Trinajstić information content (AvgIpc) is 2.35. The smallest absolute Gasteiger partial charge is 0.0846 e. The highest BCUT2D eigenvalue weighted by atomic mass is 79.9. The third-order valence-electron chi connectivity index (χ3n) is 2.66. The first-order valence-electron chi connectivity index (χ1n) is 5.34. The van der Waals surface area contributed by atoms with Gasteiger partial charge in [0.1, 0.15) is 0 Å². The molecule has 0 heterocycles. The summed E-state index contributed by atoms with van der Waals surface area (Å²) in [5.74, 6) is 0. The predicted molar refractivity (Wildman–Crippen MR) is 83.0 cm³/mol. The number of benzene rings is 2. The molecule has 0 saturated heterocycles. The van der Waals surface area contributed by atoms with Gasteiger partial charge in [-0.15, -0.1) is 11.6 Å². The molecule has 18 heavy (non-hydrogen) atoms. The first kappa shape index (κ1) is 14.2. The molecule has 1 atom stereocenters. The number of hydrogen-bond acceptors (Lipinski definition) is 0. The van der Waals surface area contributed by atoms with E-state index in [1.807, 2.05) is 25.1 Å². The Morgan fingerprint density at radius 2 is 1.72 bits per heavy atom. The third kappa shape index (κ3) is 3.03. The van der Waals surface area contributed by atoms with Crippen molar-refractivity contribution in [2.75, 3.05) is 0 Å². The van der Waals surface area contributed by atoms with E-state index in [4.69, 9.17) is 34.8 Å². The van der Waals surface area contributed by atoms with Crippen molar-refractivity contribution in [2.45, 2.75) is 12.3 Å². The molecule has 2 aromatic carbocycles. The van der Waals surface area contributed by atoms with Crippen LogP contribution in [-0.4, -0.2) is 0 Å². The maximum atomic E-state index is 6.50. The van der Waals surface area contributed by atoms with Crippen molar-refractivity contribution in [2.24, 2.45) is 0 Å². The van der Waals surface area contributed by atoms with E-state index in [-0.39, 0.29) is 5.38 Å². The van der Waals surface area contributed by atoms with Crippen LogP contribution >= 0.6 is 50.7 Å². The number of halogens is 4. The van der Waals surface area contributed by atoms with Crippen molar-refractivity contribution in [3.63, 3.8) is 0 Å². The Hall–Kier alpha value is -0.210. The summed E-state index contributed by atoms with van der Waals surface area (Å²) in [6.07, 6.45) is 0. The molecular formula is C14H10BrCl3. The van der Waals surface area contributed by atoms with Gasteiger partial charge in [-0.1, -0.05) is 62.9 Å². The predicted octanol–water partition coefficient (Wildman–Crippen LogP) is 6.39. The van der Waals surface area contributed by atoms with Crippen molar-refractivity contribution in [1.29, 1.82) is 0 Å². The maximum Gasteiger partial charge on any atom is 0.0846 e. The SMILES string of the molecule is Cc1ccc(Br)c(C(Cl)c2ccc(Cl)c(Cl)c2)c1. The van der Waals surface area contributed by atoms with E-state index in [1.54, 1.807) is 12.1 Å². The van der Waals surface area contributed by atoms with E-state index in [9.17, 15) is 0 Å². The summed E-state index contributed by atoms with van der Waals surface area (Å²) in [5, 5.41) is 0.797. The number of hydrogen-bond donors (Lipinski definition) is 0. The molecule has 0 radical (unpaired) electrons. The fourth-order valence-corrected chi connectivity index (χ4v) is 2.94. The quantitative estimate of drug-likeness (QED) is 0.541. The second-order valence-corrected chi connectivity index (χ2v) is 6.17. The maximum absolute atomic E-state index is 6.50. The fourth-order valence-electron chi connectivity index (χ4n) is 1.71. The zero-order valence-corrected chi connectivity index (χ0v) is 13.4. The van der Waals surface area contributed by atoms with Crippen LogP contribution in [0, 0.1) is 6.92 Å². The van der Waals surface area contributed by atoms with Gasteiger partial charge in [0.15, 0.2) is 0 Å². The van der Waals surface area contributed by atoms with Crippen LogP contribution < -0.4 is 0 Å². The third-order valence-corrected chi connectivity index (χ3v) is 4.61. The van der Waals surface area contributed by atoms with Gasteiger partial charge in [-0.3, -0.25) is 0 Å². The second kappa shape index (κ2) is 5.83. The van der Waals surface area contributed by atoms with Crippen molar-refractivity contribution >= 4 is 50.7 Å². The van der Waals surface area contributed by atoms with E-state index in [0.717, 1.165) is 15.6 Å². The summed E-state index contributed by atoms with van der Waals surface area (Å²) >= 11 is 21.9. The number of alkyl halides is 1. The van der Waals surface area contributed by atoms with Gasteiger partial charge in [-0.25, -0.2) is 0 Å². The monoisotopic (exact) mass is 362 g/mol. The van der Waals surface area contributed by atoms with Crippen LogP contribution in [0.2, 0.25) is 10.0 Å². The Bertz CT molecular complexity index is 581. The molecule has 0 spiro atoms. The minimum Gasteiger partial charge on any atom is -0.113 e. The topological polar surface area (TPSA) is 0 Å². The van der Waals surface area contributed by atoms with E-state index >= 15 is 0 Å². The summed E-state index contributed by atoms with van der Waals surface area (Å²) in [6, 6.07) is 11.5. The molecule has 2 rings (SSSR count). The van der Waals surface area contributed by atoms with E-state index in [1.165, 1.54) is 5.56 Å². The van der Waals surface area contributed by atoms with E-state index in [0.29, 0.717) is 10.0 Å². The van der Waals surface area contributed by atoms with E-state index in [2.05, 4.69) is 22.0 Å². The van der Waals surface area contributed by atoms with Crippen LogP contribution in [0.3, 0.4) is 0 Å². The molecule has 0 fully saturated rings. The summed E-state index contributed by atoms with van der Waals surface area (Å²) in [4.78, 5) is 0. The van der Waals surface area contributed by atoms with Crippen molar-refractivity contribution in [3.05, 3.63) is 67.6 Å². The molecule has 0 aromatic heterocycles. The lowest BCUT2D eigenvalue weighted by Crippen LogP contribution is -1.95. The Kier molecular flexibility index (Phi) is 4.60. The summed E-state index contributed by atoms with van der Waals surface area (Å²) in [6.45, 7) is 2.04. The van der Waals surface area contributed by atoms with Crippen molar-refractivity contribution in [3.8, 4) is 0 Å². The highest BCUT2D eigenvalue weighted by Crippen LogP contribution is 2.36. The van der Waals surface area contributed by atoms with Crippen LogP contribution in [0.25, 0.3) is 0 Å². The lowest BCUT2D eigenvalue weighted by Gasteiger charge is -2.14. The molecule has 0 aliphatic heterocycles. The highest BCUT2D eigenvalue weighted by molar-refractivity contribution is 9.10. The van der Waals surface area contributed by atoms with Crippen LogP contribution in [0.5, 0.6) is 0 Å². The van der Waals surface area contributed by atoms with Crippen molar-refractivity contribution in [1.82, 2.24) is 0 Å². The molecule has 0 amide bonds. The fraction of sp³-hybridized carbons (Fsp3) is 0.143. The van der Waals surface area contributed by atoms with Crippen LogP contribution in [-0.2, 0) is 0 Å². The summed E-state index contributed by atoms with van der Waals surface area (Å²) in [5.41, 5.74) is 3.12. The van der Waals surface area contributed by atoms with Gasteiger partial charge in [0.25, 0.3) is 0 Å². The minimum atomic E-state index is -0.256. The highest BCUT2D eigenvalue weighted by Gasteiger charge is 2.15. The summed E-state index contributed by atoms with van der Waals surface area (Å²) in [7, 11) is 0. The lowest BCUT2D eigenvalue weighted by molar-refractivity contribution is 1.12. The molecule has 1 unspecified atom stereocenters. The van der Waals surface area contributed by atoms with Gasteiger partial charge in [-0.05, 0) is 36.2 Å². The molecule has 0 bridgehead atoms. The normalized spacial score (nSPS) is 12.5. The first-order chi connectivity index (χ1) is 8.49. The van der Waals surface area contributed by atoms with Gasteiger partial charge >= 0.3 is 0 Å². The Morgan fingerprint density at radius 1 is 1.00 bits per heavy atom. The van der Waals surface area contributed by atoms with E-state index < -0.39 is 0 Å². The van der Waals surface area contributed by atoms with Crippen molar-refractivity contribution < 1.29 is 0 Å². The van der Waals surface area contributed by atoms with Gasteiger partial charge in [-0.2, -0.15) is 0 Å². The number of rotatable bonds is 2. The van der Waals surface area contributed by atoms with Gasteiger partial charge in [0, 0.05) is 4.47 Å². The zero-order chi connectivity index (χ0) is 13.3. The summed E-state index contributed by atoms with van der Waals surface area (Å²) < 4.78 is 0.985. The average molecular weight is 364 g/mol. The lowest BCUT2D eigenvalue weighted by atomic mass is 10.0. The minimum absolute atomic E-state index is 0.256. The molecule has 0 nitrogen and oxygen atoms in total. The molecule has 0 aliphatic rings. The molecule has 0 aliphatic carbocycles. The zero-order valence-electron chi connectivity index (χ0n) is 9.55. The molecule has 2 aromatic rings. The Labute approximate surface area is 130 Å². The molecule has 0 N–H and O–H groups in total. The Morgan fingerprint density at radius 3 is 2.39 bits per heavy atom. The van der Waals surface area contributed by atoms with Crippen LogP contribution in [0.1, 0.15) is 22.1 Å². The first-order valence-corrected chi connectivity index (χ1v) is 7.32. The molecular weight excluding hydrogens is 354 g/mol.